The standard InChI is InChI=1S/C13H20FN3O3S/c1-8-5-9(15)6-10(11(8)14)12(18)16-7-13(2,3)17-21(4,19)20/h5-6,17H,7,15H2,1-4H3,(H,16,18). The molecule has 8 heteroatoms. The van der Waals surface area contributed by atoms with Crippen LogP contribution in [0.5, 0.6) is 0 Å². The first-order chi connectivity index (χ1) is 9.41. The first kappa shape index (κ1) is 17.4. The van der Waals surface area contributed by atoms with Gasteiger partial charge in [-0.3, -0.25) is 4.79 Å². The topological polar surface area (TPSA) is 101 Å². The van der Waals surface area contributed by atoms with Gasteiger partial charge in [-0.2, -0.15) is 0 Å². The third kappa shape index (κ3) is 5.31. The molecule has 0 radical (unpaired) electrons. The molecule has 0 aromatic heterocycles. The minimum Gasteiger partial charge on any atom is -0.399 e. The maximum absolute atomic E-state index is 13.9. The van der Waals surface area contributed by atoms with Crippen LogP contribution in [0, 0.1) is 12.7 Å². The Balaban J connectivity index is 2.84. The van der Waals surface area contributed by atoms with Crippen molar-refractivity contribution in [2.45, 2.75) is 26.3 Å². The van der Waals surface area contributed by atoms with Gasteiger partial charge in [0.2, 0.25) is 10.0 Å². The summed E-state index contributed by atoms with van der Waals surface area (Å²) < 4.78 is 38.7. The molecule has 1 aromatic rings. The van der Waals surface area contributed by atoms with Crippen molar-refractivity contribution in [1.29, 1.82) is 0 Å². The second-order valence-electron chi connectivity index (χ2n) is 5.64. The number of aryl methyl sites for hydroxylation is 1. The van der Waals surface area contributed by atoms with E-state index in [-0.39, 0.29) is 23.4 Å². The largest absolute Gasteiger partial charge is 0.399 e. The van der Waals surface area contributed by atoms with E-state index in [0.29, 0.717) is 0 Å². The number of hydrogen-bond donors (Lipinski definition) is 3. The Kier molecular flexibility index (Phi) is 4.95. The highest BCUT2D eigenvalue weighted by atomic mass is 32.2. The third-order valence-corrected chi connectivity index (χ3v) is 3.60. The fourth-order valence-corrected chi connectivity index (χ4v) is 2.97. The van der Waals surface area contributed by atoms with Gasteiger partial charge in [-0.15, -0.1) is 0 Å². The molecule has 118 valence electrons. The molecule has 0 saturated carbocycles. The van der Waals surface area contributed by atoms with Gasteiger partial charge in [0.1, 0.15) is 5.82 Å². The molecular formula is C13H20FN3O3S. The van der Waals surface area contributed by atoms with E-state index in [9.17, 15) is 17.6 Å². The Hall–Kier alpha value is -1.67. The van der Waals surface area contributed by atoms with E-state index in [2.05, 4.69) is 10.0 Å². The van der Waals surface area contributed by atoms with Crippen LogP contribution in [0.3, 0.4) is 0 Å². The Morgan fingerprint density at radius 1 is 1.38 bits per heavy atom. The summed E-state index contributed by atoms with van der Waals surface area (Å²) in [5.41, 5.74) is 5.09. The van der Waals surface area contributed by atoms with Crippen LogP contribution < -0.4 is 15.8 Å². The molecule has 1 aromatic carbocycles. The number of carbonyl (C=O) groups excluding carboxylic acids is 1. The molecule has 1 rings (SSSR count). The van der Waals surface area contributed by atoms with Crippen molar-refractivity contribution in [2.75, 3.05) is 18.5 Å². The van der Waals surface area contributed by atoms with Crippen LogP contribution in [-0.4, -0.2) is 32.7 Å². The van der Waals surface area contributed by atoms with Gasteiger partial charge in [-0.05, 0) is 38.5 Å². The maximum atomic E-state index is 13.9. The molecule has 0 aliphatic rings. The van der Waals surface area contributed by atoms with E-state index in [1.165, 1.54) is 19.1 Å². The van der Waals surface area contributed by atoms with Crippen molar-refractivity contribution in [1.82, 2.24) is 10.0 Å². The lowest BCUT2D eigenvalue weighted by Crippen LogP contribution is -2.51. The lowest BCUT2D eigenvalue weighted by Gasteiger charge is -2.25. The van der Waals surface area contributed by atoms with Gasteiger partial charge in [0.25, 0.3) is 5.91 Å². The number of hydrogen-bond acceptors (Lipinski definition) is 4. The third-order valence-electron chi connectivity index (χ3n) is 2.67. The molecule has 0 saturated heterocycles. The van der Waals surface area contributed by atoms with Crippen molar-refractivity contribution in [2.24, 2.45) is 0 Å². The van der Waals surface area contributed by atoms with E-state index in [1.807, 2.05) is 0 Å². The molecule has 6 nitrogen and oxygen atoms in total. The van der Waals surface area contributed by atoms with Crippen LogP contribution in [0.4, 0.5) is 10.1 Å². The lowest BCUT2D eigenvalue weighted by atomic mass is 10.1. The van der Waals surface area contributed by atoms with Gasteiger partial charge in [-0.1, -0.05) is 0 Å². The number of sulfonamides is 1. The summed E-state index contributed by atoms with van der Waals surface area (Å²) in [4.78, 5) is 12.0. The first-order valence-electron chi connectivity index (χ1n) is 6.24. The number of benzene rings is 1. The summed E-state index contributed by atoms with van der Waals surface area (Å²) in [6.45, 7) is 4.73. The average Bonchev–Trinajstić information content (AvgIpc) is 2.27. The molecule has 0 atom stereocenters. The number of nitrogens with two attached hydrogens (primary N) is 1. The van der Waals surface area contributed by atoms with Crippen LogP contribution >= 0.6 is 0 Å². The number of nitrogen functional groups attached to an aromatic ring is 1. The highest BCUT2D eigenvalue weighted by molar-refractivity contribution is 7.88. The van der Waals surface area contributed by atoms with Crippen LogP contribution in [-0.2, 0) is 10.0 Å². The quantitative estimate of drug-likeness (QED) is 0.698. The van der Waals surface area contributed by atoms with Gasteiger partial charge < -0.3 is 11.1 Å². The van der Waals surface area contributed by atoms with E-state index >= 15 is 0 Å². The SMILES string of the molecule is Cc1cc(N)cc(C(=O)NCC(C)(C)NS(C)(=O)=O)c1F. The van der Waals surface area contributed by atoms with Crippen molar-refractivity contribution in [3.05, 3.63) is 29.1 Å². The predicted octanol–water partition coefficient (Wildman–Crippen LogP) is 0.774. The summed E-state index contributed by atoms with van der Waals surface area (Å²) in [5, 5.41) is 2.50. The lowest BCUT2D eigenvalue weighted by molar-refractivity contribution is 0.0940. The van der Waals surface area contributed by atoms with E-state index in [4.69, 9.17) is 5.73 Å². The Morgan fingerprint density at radius 3 is 2.48 bits per heavy atom. The van der Waals surface area contributed by atoms with Crippen molar-refractivity contribution in [3.63, 3.8) is 0 Å². The molecule has 0 unspecified atom stereocenters. The maximum Gasteiger partial charge on any atom is 0.254 e. The van der Waals surface area contributed by atoms with Gasteiger partial charge >= 0.3 is 0 Å². The Labute approximate surface area is 124 Å². The smallest absolute Gasteiger partial charge is 0.254 e. The second kappa shape index (κ2) is 5.98. The molecule has 0 bridgehead atoms. The first-order valence-corrected chi connectivity index (χ1v) is 8.13. The summed E-state index contributed by atoms with van der Waals surface area (Å²) in [7, 11) is -3.41. The zero-order valence-electron chi connectivity index (χ0n) is 12.5. The Morgan fingerprint density at radius 2 is 1.95 bits per heavy atom. The summed E-state index contributed by atoms with van der Waals surface area (Å²) >= 11 is 0. The predicted molar refractivity (Wildman–Crippen MR) is 79.9 cm³/mol. The molecule has 0 spiro atoms. The van der Waals surface area contributed by atoms with Crippen LogP contribution in [0.15, 0.2) is 12.1 Å². The zero-order chi connectivity index (χ0) is 16.4. The van der Waals surface area contributed by atoms with Gasteiger partial charge in [-0.25, -0.2) is 17.5 Å². The van der Waals surface area contributed by atoms with Gasteiger partial charge in [0.05, 0.1) is 11.8 Å². The number of carbonyl (C=O) groups is 1. The minimum atomic E-state index is -3.41. The van der Waals surface area contributed by atoms with Crippen LogP contribution in [0.2, 0.25) is 0 Å². The molecule has 0 heterocycles. The van der Waals surface area contributed by atoms with E-state index in [0.717, 1.165) is 6.26 Å². The molecule has 0 fully saturated rings. The molecule has 21 heavy (non-hydrogen) atoms. The number of nitrogens with one attached hydrogen (secondary N) is 2. The fourth-order valence-electron chi connectivity index (χ4n) is 1.90. The molecule has 4 N–H and O–H groups in total. The molecular weight excluding hydrogens is 297 g/mol. The number of halogens is 1. The summed E-state index contributed by atoms with van der Waals surface area (Å²) in [5.74, 6) is -1.29. The minimum absolute atomic E-state index is 0.00614. The van der Waals surface area contributed by atoms with E-state index in [1.54, 1.807) is 13.8 Å². The van der Waals surface area contributed by atoms with Crippen LogP contribution in [0.1, 0.15) is 29.8 Å². The van der Waals surface area contributed by atoms with Gasteiger partial charge in [0, 0.05) is 17.8 Å². The van der Waals surface area contributed by atoms with E-state index < -0.39 is 27.3 Å². The van der Waals surface area contributed by atoms with Crippen molar-refractivity contribution < 1.29 is 17.6 Å². The molecule has 0 aliphatic carbocycles. The number of rotatable bonds is 5. The summed E-state index contributed by atoms with van der Waals surface area (Å²) in [6.07, 6.45) is 1.03. The van der Waals surface area contributed by atoms with Crippen LogP contribution in [0.25, 0.3) is 0 Å². The Bertz CT molecular complexity index is 657. The average molecular weight is 317 g/mol. The number of anilines is 1. The zero-order valence-corrected chi connectivity index (χ0v) is 13.3. The molecule has 1 amide bonds. The highest BCUT2D eigenvalue weighted by Crippen LogP contribution is 2.17. The molecule has 0 aliphatic heterocycles. The monoisotopic (exact) mass is 317 g/mol. The second-order valence-corrected chi connectivity index (χ2v) is 7.39. The number of amides is 1. The normalized spacial score (nSPS) is 12.2. The van der Waals surface area contributed by atoms with Crippen molar-refractivity contribution >= 4 is 21.6 Å². The summed E-state index contributed by atoms with van der Waals surface area (Å²) in [6, 6.07) is 2.68. The van der Waals surface area contributed by atoms with Gasteiger partial charge in [0.15, 0.2) is 0 Å². The van der Waals surface area contributed by atoms with Crippen molar-refractivity contribution in [3.8, 4) is 0 Å². The highest BCUT2D eigenvalue weighted by Gasteiger charge is 2.24. The fraction of sp³-hybridized carbons (Fsp3) is 0.462.